The zero-order chi connectivity index (χ0) is 14.0. The Morgan fingerprint density at radius 1 is 1.17 bits per heavy atom. The summed E-state index contributed by atoms with van der Waals surface area (Å²) in [5.41, 5.74) is 1.12. The van der Waals surface area contributed by atoms with Crippen molar-refractivity contribution in [2.24, 2.45) is 5.41 Å². The van der Waals surface area contributed by atoms with Crippen molar-refractivity contribution in [2.75, 3.05) is 13.1 Å². The van der Waals surface area contributed by atoms with Gasteiger partial charge in [-0.1, -0.05) is 39.0 Å². The summed E-state index contributed by atoms with van der Waals surface area (Å²) in [5, 5.41) is 10.1. The number of allylic oxidation sites excluding steroid dienone is 3. The van der Waals surface area contributed by atoms with E-state index in [1.54, 1.807) is 0 Å². The van der Waals surface area contributed by atoms with Crippen LogP contribution >= 0.6 is 0 Å². The van der Waals surface area contributed by atoms with Crippen LogP contribution in [0.2, 0.25) is 0 Å². The minimum absolute atomic E-state index is 0.00844. The second-order valence-electron chi connectivity index (χ2n) is 6.58. The molecule has 0 unspecified atom stereocenters. The van der Waals surface area contributed by atoms with Crippen molar-refractivity contribution in [3.8, 4) is 0 Å². The number of nitrogens with zero attached hydrogens (tertiary/aromatic N) is 1. The third kappa shape index (κ3) is 4.02. The fraction of sp³-hybridized carbons (Fsp3) is 0.625. The average molecular weight is 249 g/mol. The smallest absolute Gasteiger partial charge is 0.119 e. The van der Waals surface area contributed by atoms with Crippen LogP contribution in [0.5, 0.6) is 0 Å². The Morgan fingerprint density at radius 3 is 2.22 bits per heavy atom. The first kappa shape index (κ1) is 15.0. The zero-order valence-corrected chi connectivity index (χ0v) is 12.6. The summed E-state index contributed by atoms with van der Waals surface area (Å²) in [6.07, 6.45) is 8.08. The van der Waals surface area contributed by atoms with Gasteiger partial charge >= 0.3 is 0 Å². The fourth-order valence-corrected chi connectivity index (χ4v) is 2.02. The van der Waals surface area contributed by atoms with Crippen molar-refractivity contribution in [3.05, 3.63) is 35.6 Å². The number of hydrogen-bond donors (Lipinski definition) is 1. The minimum Gasteiger partial charge on any atom is -0.508 e. The lowest BCUT2D eigenvalue weighted by Crippen LogP contribution is -2.42. The van der Waals surface area contributed by atoms with Crippen molar-refractivity contribution in [1.82, 2.24) is 4.90 Å². The highest BCUT2D eigenvalue weighted by Gasteiger charge is 2.22. The van der Waals surface area contributed by atoms with E-state index in [2.05, 4.69) is 58.6 Å². The zero-order valence-electron chi connectivity index (χ0n) is 12.6. The predicted molar refractivity (Wildman–Crippen MR) is 78.7 cm³/mol. The maximum absolute atomic E-state index is 10.1. The highest BCUT2D eigenvalue weighted by molar-refractivity contribution is 5.35. The van der Waals surface area contributed by atoms with Crippen molar-refractivity contribution in [2.45, 2.75) is 47.1 Å². The van der Waals surface area contributed by atoms with E-state index in [1.807, 2.05) is 12.2 Å². The standard InChI is InChI=1S/C16H27NO/c1-7-17(15(2,3)4)12-13-8-10-16(5,6)11-9-14(13)18/h8-11,18H,7,12H2,1-6H3. The predicted octanol–water partition coefficient (Wildman–Crippen LogP) is 4.07. The molecule has 2 nitrogen and oxygen atoms in total. The van der Waals surface area contributed by atoms with Gasteiger partial charge < -0.3 is 5.11 Å². The molecule has 0 radical (unpaired) electrons. The van der Waals surface area contributed by atoms with E-state index in [4.69, 9.17) is 0 Å². The number of aliphatic hydroxyl groups excluding tert-OH is 1. The summed E-state index contributed by atoms with van der Waals surface area (Å²) in [6, 6.07) is 0. The molecule has 0 amide bonds. The maximum atomic E-state index is 10.1. The molecule has 1 N–H and O–H groups in total. The van der Waals surface area contributed by atoms with Crippen LogP contribution in [0.1, 0.15) is 41.5 Å². The third-order valence-corrected chi connectivity index (χ3v) is 3.41. The Labute approximate surface area is 112 Å². The van der Waals surface area contributed by atoms with Gasteiger partial charge in [0, 0.05) is 23.1 Å². The molecule has 0 saturated carbocycles. The molecule has 1 aliphatic carbocycles. The van der Waals surface area contributed by atoms with Gasteiger partial charge in [-0.3, -0.25) is 4.90 Å². The molecule has 2 heteroatoms. The van der Waals surface area contributed by atoms with Crippen LogP contribution in [0.3, 0.4) is 0 Å². The molecule has 1 rings (SSSR count). The van der Waals surface area contributed by atoms with E-state index in [1.165, 1.54) is 0 Å². The molecule has 0 spiro atoms. The van der Waals surface area contributed by atoms with Gasteiger partial charge in [-0.2, -0.15) is 0 Å². The molecule has 0 aromatic heterocycles. The van der Waals surface area contributed by atoms with Crippen LogP contribution in [0.25, 0.3) is 0 Å². The van der Waals surface area contributed by atoms with Crippen LogP contribution in [-0.4, -0.2) is 28.6 Å². The number of rotatable bonds is 3. The molecule has 1 aliphatic rings. The Hall–Kier alpha value is -1.02. The van der Waals surface area contributed by atoms with Crippen LogP contribution in [-0.2, 0) is 0 Å². The molecular weight excluding hydrogens is 222 g/mol. The normalized spacial score (nSPS) is 19.5. The number of likely N-dealkylation sites (N-methyl/N-ethyl adjacent to an activating group) is 1. The Kier molecular flexibility index (Phi) is 4.44. The summed E-state index contributed by atoms with van der Waals surface area (Å²) in [4.78, 5) is 2.36. The van der Waals surface area contributed by atoms with Crippen molar-refractivity contribution < 1.29 is 5.11 Å². The first-order valence-corrected chi connectivity index (χ1v) is 6.71. The van der Waals surface area contributed by atoms with E-state index in [9.17, 15) is 5.11 Å². The molecule has 0 aromatic carbocycles. The molecule has 0 aromatic rings. The second kappa shape index (κ2) is 5.31. The average Bonchev–Trinajstić information content (AvgIpc) is 2.35. The van der Waals surface area contributed by atoms with Gasteiger partial charge in [-0.15, -0.1) is 0 Å². The summed E-state index contributed by atoms with van der Waals surface area (Å²) in [6.45, 7) is 14.8. The molecule has 18 heavy (non-hydrogen) atoms. The van der Waals surface area contributed by atoms with Crippen LogP contribution in [0, 0.1) is 5.41 Å². The molecule has 0 atom stereocenters. The number of hydrogen-bond acceptors (Lipinski definition) is 2. The molecular formula is C16H27NO. The lowest BCUT2D eigenvalue weighted by Gasteiger charge is -2.35. The Balaban J connectivity index is 2.93. The topological polar surface area (TPSA) is 23.5 Å². The van der Waals surface area contributed by atoms with Crippen molar-refractivity contribution >= 4 is 0 Å². The van der Waals surface area contributed by atoms with Crippen LogP contribution < -0.4 is 0 Å². The van der Waals surface area contributed by atoms with Gasteiger partial charge in [-0.05, 0) is 33.4 Å². The van der Waals surface area contributed by atoms with Gasteiger partial charge in [0.1, 0.15) is 5.76 Å². The lowest BCUT2D eigenvalue weighted by molar-refractivity contribution is 0.158. The summed E-state index contributed by atoms with van der Waals surface area (Å²) in [7, 11) is 0. The van der Waals surface area contributed by atoms with Crippen molar-refractivity contribution in [1.29, 1.82) is 0 Å². The molecule has 0 heterocycles. The summed E-state index contributed by atoms with van der Waals surface area (Å²) >= 11 is 0. The van der Waals surface area contributed by atoms with E-state index in [-0.39, 0.29) is 11.0 Å². The van der Waals surface area contributed by atoms with E-state index >= 15 is 0 Å². The number of aliphatic hydroxyl groups is 1. The van der Waals surface area contributed by atoms with Gasteiger partial charge in [0.25, 0.3) is 0 Å². The van der Waals surface area contributed by atoms with E-state index < -0.39 is 0 Å². The summed E-state index contributed by atoms with van der Waals surface area (Å²) < 4.78 is 0. The Bertz CT molecular complexity index is 380. The third-order valence-electron chi connectivity index (χ3n) is 3.41. The molecule has 0 fully saturated rings. The fourth-order valence-electron chi connectivity index (χ4n) is 2.02. The summed E-state index contributed by atoms with van der Waals surface area (Å²) in [5.74, 6) is 0.388. The lowest BCUT2D eigenvalue weighted by atomic mass is 9.93. The first-order valence-electron chi connectivity index (χ1n) is 6.71. The van der Waals surface area contributed by atoms with E-state index in [0.717, 1.165) is 18.7 Å². The minimum atomic E-state index is 0.00844. The van der Waals surface area contributed by atoms with Crippen LogP contribution in [0.4, 0.5) is 0 Å². The van der Waals surface area contributed by atoms with Gasteiger partial charge in [0.15, 0.2) is 0 Å². The van der Waals surface area contributed by atoms with Gasteiger partial charge in [0.2, 0.25) is 0 Å². The quantitative estimate of drug-likeness (QED) is 0.815. The van der Waals surface area contributed by atoms with Gasteiger partial charge in [0.05, 0.1) is 0 Å². The highest BCUT2D eigenvalue weighted by Crippen LogP contribution is 2.26. The second-order valence-corrected chi connectivity index (χ2v) is 6.58. The maximum Gasteiger partial charge on any atom is 0.119 e. The first-order chi connectivity index (χ1) is 8.15. The van der Waals surface area contributed by atoms with Crippen molar-refractivity contribution in [3.63, 3.8) is 0 Å². The largest absolute Gasteiger partial charge is 0.508 e. The Morgan fingerprint density at radius 2 is 1.72 bits per heavy atom. The molecule has 0 saturated heterocycles. The van der Waals surface area contributed by atoms with E-state index in [0.29, 0.717) is 5.76 Å². The van der Waals surface area contributed by atoms with Gasteiger partial charge in [-0.25, -0.2) is 0 Å². The molecule has 0 aliphatic heterocycles. The highest BCUT2D eigenvalue weighted by atomic mass is 16.3. The molecule has 0 bridgehead atoms. The SMILES string of the molecule is CCN(CC1=C(O)C=CC(C)(C)C=C1)C(C)(C)C. The monoisotopic (exact) mass is 249 g/mol. The molecule has 102 valence electrons. The van der Waals surface area contributed by atoms with Crippen LogP contribution in [0.15, 0.2) is 35.6 Å².